The Balaban J connectivity index is 2.37. The van der Waals surface area contributed by atoms with Gasteiger partial charge in [0, 0.05) is 23.8 Å². The van der Waals surface area contributed by atoms with Crippen molar-refractivity contribution in [3.05, 3.63) is 42.2 Å². The minimum atomic E-state index is -0.660. The Kier molecular flexibility index (Phi) is 3.48. The van der Waals surface area contributed by atoms with Crippen LogP contribution in [0.3, 0.4) is 0 Å². The van der Waals surface area contributed by atoms with Crippen LogP contribution < -0.4 is 4.90 Å². The van der Waals surface area contributed by atoms with Crippen LogP contribution in [0.2, 0.25) is 0 Å². The van der Waals surface area contributed by atoms with E-state index in [-0.39, 0.29) is 5.82 Å². The summed E-state index contributed by atoms with van der Waals surface area (Å²) in [5, 5.41) is 9.73. The maximum absolute atomic E-state index is 13.2. The largest absolute Gasteiger partial charge is 0.389 e. The Morgan fingerprint density at radius 2 is 2.29 bits per heavy atom. The minimum absolute atomic E-state index is 0.306. The zero-order chi connectivity index (χ0) is 12.4. The van der Waals surface area contributed by atoms with Gasteiger partial charge in [-0.15, -0.1) is 6.58 Å². The fraction of sp³-hybridized carbons (Fsp3) is 0.429. The third kappa shape index (κ3) is 2.67. The highest BCUT2D eigenvalue weighted by Gasteiger charge is 2.30. The van der Waals surface area contributed by atoms with Crippen molar-refractivity contribution in [2.75, 3.05) is 11.4 Å². The Morgan fingerprint density at radius 1 is 1.59 bits per heavy atom. The van der Waals surface area contributed by atoms with Gasteiger partial charge in [0.05, 0.1) is 6.10 Å². The van der Waals surface area contributed by atoms with Crippen molar-refractivity contribution in [2.45, 2.75) is 31.9 Å². The van der Waals surface area contributed by atoms with Crippen molar-refractivity contribution >= 4 is 5.69 Å². The SMILES string of the molecule is C=CCN(c1ccc(F)cc1[C@H](C)O)C1CC1. The molecule has 1 aromatic rings. The van der Waals surface area contributed by atoms with E-state index in [0.29, 0.717) is 11.6 Å². The third-order valence-corrected chi connectivity index (χ3v) is 3.06. The summed E-state index contributed by atoms with van der Waals surface area (Å²) in [7, 11) is 0. The van der Waals surface area contributed by atoms with E-state index >= 15 is 0 Å². The van der Waals surface area contributed by atoms with Crippen LogP contribution in [0.25, 0.3) is 0 Å². The predicted octanol–water partition coefficient (Wildman–Crippen LogP) is 3.03. The second-order valence-corrected chi connectivity index (χ2v) is 4.55. The van der Waals surface area contributed by atoms with Gasteiger partial charge in [0.15, 0.2) is 0 Å². The van der Waals surface area contributed by atoms with Gasteiger partial charge in [-0.25, -0.2) is 4.39 Å². The standard InChI is InChI=1S/C14H18FNO/c1-3-8-16(12-5-6-12)14-7-4-11(15)9-13(14)10(2)17/h3-4,7,9-10,12,17H,1,5-6,8H2,2H3/t10-/m0/s1. The molecule has 1 saturated carbocycles. The summed E-state index contributed by atoms with van der Waals surface area (Å²) in [6, 6.07) is 5.12. The number of anilines is 1. The van der Waals surface area contributed by atoms with Crippen LogP contribution in [0.5, 0.6) is 0 Å². The maximum Gasteiger partial charge on any atom is 0.123 e. The lowest BCUT2D eigenvalue weighted by Gasteiger charge is -2.26. The summed E-state index contributed by atoms with van der Waals surface area (Å²) in [5.74, 6) is -0.306. The van der Waals surface area contributed by atoms with Crippen LogP contribution >= 0.6 is 0 Å². The van der Waals surface area contributed by atoms with Gasteiger partial charge >= 0.3 is 0 Å². The van der Waals surface area contributed by atoms with Crippen molar-refractivity contribution in [3.8, 4) is 0 Å². The highest BCUT2D eigenvalue weighted by atomic mass is 19.1. The van der Waals surface area contributed by atoms with E-state index in [0.717, 1.165) is 25.1 Å². The first-order chi connectivity index (χ1) is 8.13. The van der Waals surface area contributed by atoms with Crippen LogP contribution in [0.1, 0.15) is 31.4 Å². The molecule has 2 rings (SSSR count). The average Bonchev–Trinajstić information content (AvgIpc) is 3.10. The quantitative estimate of drug-likeness (QED) is 0.793. The molecule has 0 heterocycles. The van der Waals surface area contributed by atoms with Gasteiger partial charge in [-0.3, -0.25) is 0 Å². The molecule has 0 saturated heterocycles. The third-order valence-electron chi connectivity index (χ3n) is 3.06. The molecule has 17 heavy (non-hydrogen) atoms. The molecule has 3 heteroatoms. The van der Waals surface area contributed by atoms with E-state index < -0.39 is 6.10 Å². The lowest BCUT2D eigenvalue weighted by molar-refractivity contribution is 0.199. The normalized spacial score (nSPS) is 16.6. The second kappa shape index (κ2) is 4.88. The first-order valence-corrected chi connectivity index (χ1v) is 5.98. The fourth-order valence-electron chi connectivity index (χ4n) is 2.09. The van der Waals surface area contributed by atoms with Gasteiger partial charge in [0.2, 0.25) is 0 Å². The van der Waals surface area contributed by atoms with Crippen molar-refractivity contribution < 1.29 is 9.50 Å². The first-order valence-electron chi connectivity index (χ1n) is 5.98. The van der Waals surface area contributed by atoms with Gasteiger partial charge in [-0.2, -0.15) is 0 Å². The maximum atomic E-state index is 13.2. The number of hydrogen-bond donors (Lipinski definition) is 1. The molecule has 1 atom stereocenters. The second-order valence-electron chi connectivity index (χ2n) is 4.55. The highest BCUT2D eigenvalue weighted by molar-refractivity contribution is 5.56. The molecule has 1 aliphatic carbocycles. The minimum Gasteiger partial charge on any atom is -0.389 e. The monoisotopic (exact) mass is 235 g/mol. The van der Waals surface area contributed by atoms with Crippen LogP contribution in [0, 0.1) is 5.82 Å². The first kappa shape index (κ1) is 12.1. The van der Waals surface area contributed by atoms with E-state index in [4.69, 9.17) is 0 Å². The Hall–Kier alpha value is -1.35. The number of aliphatic hydroxyl groups excluding tert-OH is 1. The summed E-state index contributed by atoms with van der Waals surface area (Å²) in [5.41, 5.74) is 1.57. The lowest BCUT2D eigenvalue weighted by Crippen LogP contribution is -2.27. The van der Waals surface area contributed by atoms with Crippen molar-refractivity contribution in [1.82, 2.24) is 0 Å². The van der Waals surface area contributed by atoms with Gasteiger partial charge in [-0.05, 0) is 38.0 Å². The number of benzene rings is 1. The molecule has 1 N–H and O–H groups in total. The number of hydrogen-bond acceptors (Lipinski definition) is 2. The van der Waals surface area contributed by atoms with E-state index in [1.54, 1.807) is 13.0 Å². The summed E-state index contributed by atoms with van der Waals surface area (Å²) >= 11 is 0. The Bertz CT molecular complexity index is 413. The van der Waals surface area contributed by atoms with Crippen LogP contribution in [0.15, 0.2) is 30.9 Å². The van der Waals surface area contributed by atoms with Crippen molar-refractivity contribution in [1.29, 1.82) is 0 Å². The van der Waals surface area contributed by atoms with Crippen LogP contribution in [0.4, 0.5) is 10.1 Å². The predicted molar refractivity (Wildman–Crippen MR) is 67.6 cm³/mol. The topological polar surface area (TPSA) is 23.5 Å². The Morgan fingerprint density at radius 3 is 2.82 bits per heavy atom. The molecule has 0 radical (unpaired) electrons. The van der Waals surface area contributed by atoms with E-state index in [1.807, 2.05) is 6.08 Å². The van der Waals surface area contributed by atoms with Gasteiger partial charge < -0.3 is 10.0 Å². The molecule has 0 aromatic heterocycles. The molecule has 0 unspecified atom stereocenters. The number of nitrogens with zero attached hydrogens (tertiary/aromatic N) is 1. The highest BCUT2D eigenvalue weighted by Crippen LogP contribution is 2.35. The van der Waals surface area contributed by atoms with Crippen LogP contribution in [-0.4, -0.2) is 17.7 Å². The van der Waals surface area contributed by atoms with Gasteiger partial charge in [0.25, 0.3) is 0 Å². The summed E-state index contributed by atoms with van der Waals surface area (Å²) < 4.78 is 13.2. The summed E-state index contributed by atoms with van der Waals surface area (Å²) in [6.45, 7) is 6.15. The summed E-state index contributed by atoms with van der Waals surface area (Å²) in [6.07, 6.45) is 3.49. The zero-order valence-corrected chi connectivity index (χ0v) is 10.1. The molecule has 92 valence electrons. The number of aliphatic hydroxyl groups is 1. The van der Waals surface area contributed by atoms with Gasteiger partial charge in [-0.1, -0.05) is 6.08 Å². The molecule has 0 aliphatic heterocycles. The molecule has 1 aromatic carbocycles. The van der Waals surface area contributed by atoms with E-state index in [2.05, 4.69) is 11.5 Å². The number of rotatable bonds is 5. The summed E-state index contributed by atoms with van der Waals surface area (Å²) in [4.78, 5) is 2.19. The smallest absolute Gasteiger partial charge is 0.123 e. The molecule has 0 bridgehead atoms. The van der Waals surface area contributed by atoms with Crippen molar-refractivity contribution in [3.63, 3.8) is 0 Å². The number of halogens is 1. The average molecular weight is 235 g/mol. The van der Waals surface area contributed by atoms with E-state index in [1.165, 1.54) is 12.1 Å². The molecule has 1 aliphatic rings. The molecule has 1 fully saturated rings. The molecule has 0 amide bonds. The van der Waals surface area contributed by atoms with E-state index in [9.17, 15) is 9.50 Å². The van der Waals surface area contributed by atoms with Gasteiger partial charge in [0.1, 0.15) is 5.82 Å². The molecular formula is C14H18FNO. The Labute approximate surface area is 101 Å². The zero-order valence-electron chi connectivity index (χ0n) is 10.1. The molecular weight excluding hydrogens is 217 g/mol. The fourth-order valence-corrected chi connectivity index (χ4v) is 2.09. The molecule has 0 spiro atoms. The lowest BCUT2D eigenvalue weighted by atomic mass is 10.1. The van der Waals surface area contributed by atoms with Crippen molar-refractivity contribution in [2.24, 2.45) is 0 Å². The molecule has 2 nitrogen and oxygen atoms in total. The van der Waals surface area contributed by atoms with Crippen LogP contribution in [-0.2, 0) is 0 Å².